The van der Waals surface area contributed by atoms with Crippen LogP contribution in [-0.4, -0.2) is 26.6 Å². The van der Waals surface area contributed by atoms with Crippen LogP contribution in [0.5, 0.6) is 0 Å². The predicted molar refractivity (Wildman–Crippen MR) is 89.1 cm³/mol. The van der Waals surface area contributed by atoms with Crippen LogP contribution in [-0.2, 0) is 11.2 Å². The van der Waals surface area contributed by atoms with E-state index in [0.717, 1.165) is 28.3 Å². The second-order valence-corrected chi connectivity index (χ2v) is 5.79. The summed E-state index contributed by atoms with van der Waals surface area (Å²) in [4.78, 5) is 23.5. The zero-order chi connectivity index (χ0) is 15.4. The zero-order valence-corrected chi connectivity index (χ0v) is 13.0. The van der Waals surface area contributed by atoms with Gasteiger partial charge in [0.15, 0.2) is 5.16 Å². The van der Waals surface area contributed by atoms with Crippen molar-refractivity contribution in [3.05, 3.63) is 48.3 Å². The van der Waals surface area contributed by atoms with E-state index in [9.17, 15) is 4.79 Å². The fourth-order valence-corrected chi connectivity index (χ4v) is 2.74. The highest BCUT2D eigenvalue weighted by Crippen LogP contribution is 2.19. The number of aromatic amines is 1. The van der Waals surface area contributed by atoms with Crippen LogP contribution >= 0.6 is 11.8 Å². The maximum Gasteiger partial charge on any atom is 0.234 e. The molecule has 0 saturated heterocycles. The molecule has 0 unspecified atom stereocenters. The zero-order valence-electron chi connectivity index (χ0n) is 12.2. The van der Waals surface area contributed by atoms with Gasteiger partial charge in [0, 0.05) is 11.9 Å². The summed E-state index contributed by atoms with van der Waals surface area (Å²) in [6.45, 7) is 2.10. The Kier molecular flexibility index (Phi) is 4.39. The van der Waals surface area contributed by atoms with Crippen molar-refractivity contribution < 1.29 is 4.79 Å². The molecule has 112 valence electrons. The Balaban J connectivity index is 1.57. The van der Waals surface area contributed by atoms with Gasteiger partial charge in [-0.1, -0.05) is 30.8 Å². The van der Waals surface area contributed by atoms with Gasteiger partial charge in [0.05, 0.1) is 23.0 Å². The molecule has 0 aliphatic heterocycles. The van der Waals surface area contributed by atoms with E-state index in [-0.39, 0.29) is 5.91 Å². The van der Waals surface area contributed by atoms with Gasteiger partial charge >= 0.3 is 0 Å². The van der Waals surface area contributed by atoms with Crippen molar-refractivity contribution in [2.75, 3.05) is 11.1 Å². The number of imidazole rings is 1. The summed E-state index contributed by atoms with van der Waals surface area (Å²) < 4.78 is 0. The molecule has 0 bridgehead atoms. The molecule has 0 saturated carbocycles. The lowest BCUT2D eigenvalue weighted by molar-refractivity contribution is -0.113. The number of anilines is 1. The summed E-state index contributed by atoms with van der Waals surface area (Å²) in [6, 6.07) is 9.73. The van der Waals surface area contributed by atoms with Crippen molar-refractivity contribution in [1.82, 2.24) is 15.0 Å². The Bertz CT molecular complexity index is 749. The van der Waals surface area contributed by atoms with E-state index in [1.165, 1.54) is 17.3 Å². The van der Waals surface area contributed by atoms with Crippen molar-refractivity contribution in [3.8, 4) is 0 Å². The summed E-state index contributed by atoms with van der Waals surface area (Å²) in [7, 11) is 0. The number of fused-ring (bicyclic) bond motifs is 1. The molecule has 1 amide bonds. The quantitative estimate of drug-likeness (QED) is 0.709. The van der Waals surface area contributed by atoms with Crippen molar-refractivity contribution in [3.63, 3.8) is 0 Å². The average molecular weight is 312 g/mol. The molecule has 6 heteroatoms. The van der Waals surface area contributed by atoms with E-state index < -0.39 is 0 Å². The Morgan fingerprint density at radius 1 is 1.27 bits per heavy atom. The molecule has 1 aromatic carbocycles. The molecule has 2 heterocycles. The molecule has 0 fully saturated rings. The monoisotopic (exact) mass is 312 g/mol. The van der Waals surface area contributed by atoms with Crippen molar-refractivity contribution in [2.24, 2.45) is 0 Å². The maximum absolute atomic E-state index is 12.0. The number of carbonyl (C=O) groups excluding carboxylic acids is 1. The first-order valence-electron chi connectivity index (χ1n) is 7.06. The topological polar surface area (TPSA) is 70.7 Å². The Morgan fingerprint density at radius 3 is 2.82 bits per heavy atom. The van der Waals surface area contributed by atoms with E-state index >= 15 is 0 Å². The molecule has 3 aromatic rings. The number of H-pyrrole nitrogens is 1. The molecule has 0 spiro atoms. The van der Waals surface area contributed by atoms with Crippen LogP contribution < -0.4 is 5.32 Å². The molecule has 2 aromatic heterocycles. The van der Waals surface area contributed by atoms with Gasteiger partial charge < -0.3 is 10.3 Å². The third kappa shape index (κ3) is 3.46. The number of hydrogen-bond acceptors (Lipinski definition) is 4. The molecule has 5 nitrogen and oxygen atoms in total. The normalized spacial score (nSPS) is 10.8. The lowest BCUT2D eigenvalue weighted by atomic mass is 10.1. The van der Waals surface area contributed by atoms with Crippen LogP contribution in [0.4, 0.5) is 5.69 Å². The molecular weight excluding hydrogens is 296 g/mol. The minimum absolute atomic E-state index is 0.0483. The fraction of sp³-hybridized carbons (Fsp3) is 0.188. The van der Waals surface area contributed by atoms with Crippen LogP contribution in [0, 0.1) is 0 Å². The van der Waals surface area contributed by atoms with Crippen molar-refractivity contribution in [2.45, 2.75) is 18.5 Å². The molecule has 3 rings (SSSR count). The number of aromatic nitrogens is 3. The van der Waals surface area contributed by atoms with Gasteiger partial charge in [-0.2, -0.15) is 0 Å². The minimum atomic E-state index is -0.0483. The van der Waals surface area contributed by atoms with Gasteiger partial charge in [0.2, 0.25) is 5.91 Å². The molecule has 0 aliphatic carbocycles. The number of thioether (sulfide) groups is 1. The highest BCUT2D eigenvalue weighted by Gasteiger charge is 2.07. The highest BCUT2D eigenvalue weighted by molar-refractivity contribution is 7.99. The van der Waals surface area contributed by atoms with Gasteiger partial charge in [-0.05, 0) is 30.2 Å². The average Bonchev–Trinajstić information content (AvgIpc) is 2.96. The summed E-state index contributed by atoms with van der Waals surface area (Å²) >= 11 is 1.37. The number of nitrogens with one attached hydrogen (secondary N) is 2. The van der Waals surface area contributed by atoms with Gasteiger partial charge in [-0.25, -0.2) is 4.98 Å². The molecule has 22 heavy (non-hydrogen) atoms. The first-order chi connectivity index (χ1) is 10.7. The second kappa shape index (κ2) is 6.62. The van der Waals surface area contributed by atoms with E-state index in [0.29, 0.717) is 5.75 Å². The number of aryl methyl sites for hydroxylation is 1. The smallest absolute Gasteiger partial charge is 0.234 e. The molecule has 0 aliphatic rings. The first-order valence-corrected chi connectivity index (χ1v) is 8.04. The minimum Gasteiger partial charge on any atom is -0.332 e. The third-order valence-electron chi connectivity index (χ3n) is 3.25. The van der Waals surface area contributed by atoms with Crippen LogP contribution in [0.3, 0.4) is 0 Å². The number of nitrogens with zero attached hydrogens (tertiary/aromatic N) is 2. The van der Waals surface area contributed by atoms with E-state index in [1.807, 2.05) is 30.3 Å². The van der Waals surface area contributed by atoms with Crippen LogP contribution in [0.1, 0.15) is 12.5 Å². The van der Waals surface area contributed by atoms with Gasteiger partial charge in [-0.15, -0.1) is 0 Å². The molecule has 0 atom stereocenters. The number of benzene rings is 1. The van der Waals surface area contributed by atoms with Crippen molar-refractivity contribution in [1.29, 1.82) is 0 Å². The SMILES string of the molecule is CCc1ccc(NC(=O)CSc2nc3ccncc3[nH]2)cc1. The Morgan fingerprint density at radius 2 is 2.09 bits per heavy atom. The molecule has 2 N–H and O–H groups in total. The summed E-state index contributed by atoms with van der Waals surface area (Å²) in [5, 5.41) is 3.61. The second-order valence-electron chi connectivity index (χ2n) is 4.82. The van der Waals surface area contributed by atoms with Crippen molar-refractivity contribution >= 4 is 34.4 Å². The van der Waals surface area contributed by atoms with E-state index in [1.54, 1.807) is 12.4 Å². The summed E-state index contributed by atoms with van der Waals surface area (Å²) in [6.07, 6.45) is 4.41. The van der Waals surface area contributed by atoms with Crippen LogP contribution in [0.2, 0.25) is 0 Å². The van der Waals surface area contributed by atoms with Gasteiger partial charge in [0.1, 0.15) is 0 Å². The lowest BCUT2D eigenvalue weighted by Crippen LogP contribution is -2.14. The Labute approximate surface area is 132 Å². The number of rotatable bonds is 5. The van der Waals surface area contributed by atoms with Gasteiger partial charge in [0.25, 0.3) is 0 Å². The standard InChI is InChI=1S/C16H16N4OS/c1-2-11-3-5-12(6-4-11)18-15(21)10-22-16-19-13-7-8-17-9-14(13)20-16/h3-9H,2,10H2,1H3,(H,18,21)(H,19,20). The van der Waals surface area contributed by atoms with E-state index in [2.05, 4.69) is 27.2 Å². The first kappa shape index (κ1) is 14.6. The lowest BCUT2D eigenvalue weighted by Gasteiger charge is -2.05. The number of hydrogen-bond donors (Lipinski definition) is 2. The van der Waals surface area contributed by atoms with E-state index in [4.69, 9.17) is 0 Å². The Hall–Kier alpha value is -2.34. The summed E-state index contributed by atoms with van der Waals surface area (Å²) in [5.41, 5.74) is 3.80. The molecular formula is C16H16N4OS. The third-order valence-corrected chi connectivity index (χ3v) is 4.12. The highest BCUT2D eigenvalue weighted by atomic mass is 32.2. The van der Waals surface area contributed by atoms with Gasteiger partial charge in [-0.3, -0.25) is 9.78 Å². The largest absolute Gasteiger partial charge is 0.332 e. The fourth-order valence-electron chi connectivity index (χ4n) is 2.06. The number of amides is 1. The summed E-state index contributed by atoms with van der Waals surface area (Å²) in [5.74, 6) is 0.260. The molecule has 0 radical (unpaired) electrons. The van der Waals surface area contributed by atoms with Crippen LogP contribution in [0.25, 0.3) is 11.0 Å². The number of pyridine rings is 1. The number of carbonyl (C=O) groups is 1. The maximum atomic E-state index is 12.0. The van der Waals surface area contributed by atoms with Crippen LogP contribution in [0.15, 0.2) is 47.9 Å². The predicted octanol–water partition coefficient (Wildman–Crippen LogP) is 3.25.